The van der Waals surface area contributed by atoms with Gasteiger partial charge in [0, 0.05) is 31.1 Å². The van der Waals surface area contributed by atoms with Gasteiger partial charge in [0.05, 0.1) is 13.2 Å². The lowest BCUT2D eigenvalue weighted by Crippen LogP contribution is -2.49. The molecule has 5 rings (SSSR count). The monoisotopic (exact) mass is 409 g/mol. The van der Waals surface area contributed by atoms with Gasteiger partial charge in [0.2, 0.25) is 0 Å². The number of para-hydroxylation sites is 1. The van der Waals surface area contributed by atoms with Crippen molar-refractivity contribution in [1.82, 2.24) is 35.0 Å². The minimum Gasteiger partial charge on any atom is -0.383 e. The van der Waals surface area contributed by atoms with Crippen LogP contribution in [0.15, 0.2) is 30.3 Å². The molecular weight excluding hydrogens is 382 g/mol. The van der Waals surface area contributed by atoms with Gasteiger partial charge in [0.1, 0.15) is 11.2 Å². The van der Waals surface area contributed by atoms with Crippen LogP contribution in [-0.4, -0.2) is 80.8 Å². The Kier molecular flexibility index (Phi) is 5.00. The number of fused-ring (bicyclic) bond motifs is 1. The molecule has 1 N–H and O–H groups in total. The minimum atomic E-state index is -0.352. The van der Waals surface area contributed by atoms with Crippen LogP contribution in [0.4, 0.5) is 0 Å². The van der Waals surface area contributed by atoms with Crippen molar-refractivity contribution in [1.29, 1.82) is 0 Å². The third-order valence-electron chi connectivity index (χ3n) is 6.46. The molecule has 1 aromatic carbocycles. The Morgan fingerprint density at radius 1 is 1.23 bits per heavy atom. The number of likely N-dealkylation sites (tertiary alicyclic amines) is 2. The summed E-state index contributed by atoms with van der Waals surface area (Å²) in [6.45, 7) is 4.43. The summed E-state index contributed by atoms with van der Waals surface area (Å²) >= 11 is 0. The Bertz CT molecular complexity index is 1010. The second kappa shape index (κ2) is 7.81. The molecule has 9 heteroatoms. The van der Waals surface area contributed by atoms with Crippen LogP contribution in [-0.2, 0) is 16.8 Å². The number of aromatic nitrogens is 5. The number of nitrogens with zero attached hydrogens (tertiary/aromatic N) is 6. The normalized spacial score (nSPS) is 22.4. The highest BCUT2D eigenvalue weighted by molar-refractivity contribution is 5.98. The zero-order chi connectivity index (χ0) is 20.6. The van der Waals surface area contributed by atoms with Gasteiger partial charge < -0.3 is 14.6 Å². The van der Waals surface area contributed by atoms with Gasteiger partial charge in [-0.2, -0.15) is 0 Å². The number of ether oxygens (including phenoxy) is 1. The molecule has 0 radical (unpaired) electrons. The fourth-order valence-electron chi connectivity index (χ4n) is 4.92. The summed E-state index contributed by atoms with van der Waals surface area (Å²) < 4.78 is 7.08. The molecule has 0 aliphatic carbocycles. The summed E-state index contributed by atoms with van der Waals surface area (Å²) in [6, 6.07) is 9.91. The second-order valence-corrected chi connectivity index (χ2v) is 8.19. The number of rotatable bonds is 6. The van der Waals surface area contributed by atoms with Crippen molar-refractivity contribution < 1.29 is 9.53 Å². The third-order valence-corrected chi connectivity index (χ3v) is 6.46. The van der Waals surface area contributed by atoms with E-state index in [-0.39, 0.29) is 11.4 Å². The van der Waals surface area contributed by atoms with E-state index in [0.717, 1.165) is 49.1 Å². The van der Waals surface area contributed by atoms with Crippen LogP contribution < -0.4 is 0 Å². The molecule has 2 aliphatic heterocycles. The van der Waals surface area contributed by atoms with E-state index >= 15 is 0 Å². The van der Waals surface area contributed by atoms with Crippen molar-refractivity contribution in [3.05, 3.63) is 41.9 Å². The molecule has 9 nitrogen and oxygen atoms in total. The zero-order valence-corrected chi connectivity index (χ0v) is 17.3. The molecule has 30 heavy (non-hydrogen) atoms. The smallest absolute Gasteiger partial charge is 0.270 e. The number of nitrogens with one attached hydrogen (secondary N) is 1. The van der Waals surface area contributed by atoms with E-state index in [4.69, 9.17) is 4.74 Å². The van der Waals surface area contributed by atoms with Gasteiger partial charge in [0.25, 0.3) is 5.91 Å². The van der Waals surface area contributed by atoms with Crippen LogP contribution in [0.25, 0.3) is 10.9 Å². The number of carbonyl (C=O) groups is 1. The largest absolute Gasteiger partial charge is 0.383 e. The number of hydrogen-bond donors (Lipinski definition) is 1. The Morgan fingerprint density at radius 2 is 2.07 bits per heavy atom. The molecule has 2 fully saturated rings. The lowest BCUT2D eigenvalue weighted by atomic mass is 9.95. The van der Waals surface area contributed by atoms with Crippen molar-refractivity contribution in [2.45, 2.75) is 31.3 Å². The van der Waals surface area contributed by atoms with Crippen molar-refractivity contribution in [2.24, 2.45) is 0 Å². The Balaban J connectivity index is 1.45. The van der Waals surface area contributed by atoms with E-state index in [1.54, 1.807) is 7.11 Å². The highest BCUT2D eigenvalue weighted by atomic mass is 16.5. The van der Waals surface area contributed by atoms with Crippen molar-refractivity contribution in [3.8, 4) is 0 Å². The predicted octanol–water partition coefficient (Wildman–Crippen LogP) is 1.64. The van der Waals surface area contributed by atoms with Gasteiger partial charge in [-0.05, 0) is 54.9 Å². The molecule has 2 saturated heterocycles. The van der Waals surface area contributed by atoms with Gasteiger partial charge >= 0.3 is 0 Å². The van der Waals surface area contributed by atoms with Crippen LogP contribution in [0, 0.1) is 0 Å². The highest BCUT2D eigenvalue weighted by Gasteiger charge is 2.50. The van der Waals surface area contributed by atoms with Crippen LogP contribution >= 0.6 is 0 Å². The Morgan fingerprint density at radius 3 is 2.87 bits per heavy atom. The first kappa shape index (κ1) is 19.2. The van der Waals surface area contributed by atoms with Crippen LogP contribution in [0.1, 0.15) is 35.6 Å². The SMILES string of the molecule is COCCn1nnnc1C1(N2CCCC2)CCN(C(=O)c2cc3ccccc3[nH]2)C1. The van der Waals surface area contributed by atoms with Crippen molar-refractivity contribution in [3.63, 3.8) is 0 Å². The summed E-state index contributed by atoms with van der Waals surface area (Å²) in [5.41, 5.74) is 1.26. The zero-order valence-electron chi connectivity index (χ0n) is 17.3. The molecule has 1 atom stereocenters. The van der Waals surface area contributed by atoms with E-state index in [2.05, 4.69) is 25.4 Å². The summed E-state index contributed by atoms with van der Waals surface area (Å²) in [6.07, 6.45) is 3.15. The summed E-state index contributed by atoms with van der Waals surface area (Å²) in [4.78, 5) is 21.0. The number of H-pyrrole nitrogens is 1. The topological polar surface area (TPSA) is 92.2 Å². The number of benzene rings is 1. The van der Waals surface area contributed by atoms with Gasteiger partial charge in [-0.15, -0.1) is 5.10 Å². The van der Waals surface area contributed by atoms with E-state index < -0.39 is 0 Å². The number of tetrazole rings is 1. The molecule has 4 heterocycles. The molecular formula is C21H27N7O2. The summed E-state index contributed by atoms with van der Waals surface area (Å²) in [5, 5.41) is 13.7. The maximum absolute atomic E-state index is 13.3. The average Bonchev–Trinajstić information content (AvgIpc) is 3.55. The minimum absolute atomic E-state index is 0.0307. The number of hydrogen-bond acceptors (Lipinski definition) is 6. The molecule has 3 aromatic rings. The third kappa shape index (κ3) is 3.18. The average molecular weight is 409 g/mol. The molecule has 158 valence electrons. The lowest BCUT2D eigenvalue weighted by molar-refractivity contribution is 0.0694. The second-order valence-electron chi connectivity index (χ2n) is 8.19. The van der Waals surface area contributed by atoms with Crippen molar-refractivity contribution in [2.75, 3.05) is 39.9 Å². The van der Waals surface area contributed by atoms with E-state index in [0.29, 0.717) is 31.9 Å². The lowest BCUT2D eigenvalue weighted by Gasteiger charge is -2.37. The maximum atomic E-state index is 13.3. The number of carbonyl (C=O) groups excluding carboxylic acids is 1. The Labute approximate surface area is 175 Å². The standard InChI is InChI=1S/C21H27N7O2/c1-30-13-12-28-20(23-24-25-28)21(27-9-4-5-10-27)8-11-26(15-21)19(29)18-14-16-6-2-3-7-17(16)22-18/h2-3,6-7,14,22H,4-5,8-13,15H2,1H3. The predicted molar refractivity (Wildman–Crippen MR) is 111 cm³/mol. The quantitative estimate of drug-likeness (QED) is 0.665. The first-order valence-corrected chi connectivity index (χ1v) is 10.6. The van der Waals surface area contributed by atoms with Crippen LogP contribution in [0.2, 0.25) is 0 Å². The van der Waals surface area contributed by atoms with Gasteiger partial charge in [-0.25, -0.2) is 4.68 Å². The molecule has 0 bridgehead atoms. The van der Waals surface area contributed by atoms with E-state index in [1.807, 2.05) is 39.9 Å². The fourth-order valence-corrected chi connectivity index (χ4v) is 4.92. The first-order valence-electron chi connectivity index (χ1n) is 10.6. The number of amides is 1. The van der Waals surface area contributed by atoms with Gasteiger partial charge in [0.15, 0.2) is 5.82 Å². The fraction of sp³-hybridized carbons (Fsp3) is 0.524. The summed E-state index contributed by atoms with van der Waals surface area (Å²) in [5.74, 6) is 0.872. The summed E-state index contributed by atoms with van der Waals surface area (Å²) in [7, 11) is 1.68. The highest BCUT2D eigenvalue weighted by Crippen LogP contribution is 2.39. The molecule has 2 aromatic heterocycles. The van der Waals surface area contributed by atoms with E-state index in [1.165, 1.54) is 0 Å². The molecule has 0 spiro atoms. The molecule has 2 aliphatic rings. The first-order chi connectivity index (χ1) is 14.7. The number of methoxy groups -OCH3 is 1. The molecule has 0 saturated carbocycles. The van der Waals surface area contributed by atoms with Crippen LogP contribution in [0.3, 0.4) is 0 Å². The Hall–Kier alpha value is -2.78. The van der Waals surface area contributed by atoms with Gasteiger partial charge in [-0.3, -0.25) is 9.69 Å². The maximum Gasteiger partial charge on any atom is 0.270 e. The van der Waals surface area contributed by atoms with Gasteiger partial charge in [-0.1, -0.05) is 18.2 Å². The van der Waals surface area contributed by atoms with Crippen molar-refractivity contribution >= 4 is 16.8 Å². The molecule has 1 amide bonds. The van der Waals surface area contributed by atoms with E-state index in [9.17, 15) is 4.79 Å². The van der Waals surface area contributed by atoms with Crippen LogP contribution in [0.5, 0.6) is 0 Å². The molecule has 1 unspecified atom stereocenters. The number of aromatic amines is 1.